The van der Waals surface area contributed by atoms with Gasteiger partial charge in [-0.1, -0.05) is 56.3 Å². The van der Waals surface area contributed by atoms with Crippen molar-refractivity contribution in [2.24, 2.45) is 5.10 Å². The zero-order valence-corrected chi connectivity index (χ0v) is 20.8. The second-order valence-electron chi connectivity index (χ2n) is 9.28. The highest BCUT2D eigenvalue weighted by atomic mass is 16.1. The van der Waals surface area contributed by atoms with Gasteiger partial charge in [-0.15, -0.1) is 0 Å². The Labute approximate surface area is 209 Å². The van der Waals surface area contributed by atoms with Crippen molar-refractivity contribution in [2.75, 3.05) is 11.1 Å². The van der Waals surface area contributed by atoms with Crippen LogP contribution >= 0.6 is 0 Å². The molecule has 7 heteroatoms. The highest BCUT2D eigenvalue weighted by Gasteiger charge is 2.24. The van der Waals surface area contributed by atoms with Gasteiger partial charge in [0, 0.05) is 5.69 Å². The summed E-state index contributed by atoms with van der Waals surface area (Å²) in [4.78, 5) is 22.9. The van der Waals surface area contributed by atoms with Crippen LogP contribution in [0.2, 0.25) is 0 Å². The minimum Gasteiger partial charge on any atom is -0.383 e. The van der Waals surface area contributed by atoms with Crippen LogP contribution in [0.15, 0.2) is 71.8 Å². The van der Waals surface area contributed by atoms with Gasteiger partial charge in [0.2, 0.25) is 0 Å². The zero-order chi connectivity index (χ0) is 25.4. The number of amides is 1. The number of benzene rings is 3. The molecule has 0 radical (unpaired) electrons. The van der Waals surface area contributed by atoms with E-state index in [4.69, 9.17) is 15.7 Å². The van der Waals surface area contributed by atoms with Gasteiger partial charge in [-0.25, -0.2) is 9.97 Å². The third-order valence-electron chi connectivity index (χ3n) is 6.39. The van der Waals surface area contributed by atoms with Gasteiger partial charge >= 0.3 is 0 Å². The molecule has 5 rings (SSSR count). The Morgan fingerprint density at radius 3 is 2.33 bits per heavy atom. The Morgan fingerprint density at radius 2 is 1.67 bits per heavy atom. The van der Waals surface area contributed by atoms with Crippen molar-refractivity contribution in [3.8, 4) is 0 Å². The van der Waals surface area contributed by atoms with Crippen LogP contribution in [-0.2, 0) is 0 Å². The molecule has 0 atom stereocenters. The van der Waals surface area contributed by atoms with Crippen molar-refractivity contribution in [3.63, 3.8) is 0 Å². The molecule has 3 N–H and O–H groups in total. The predicted molar refractivity (Wildman–Crippen MR) is 147 cm³/mol. The third kappa shape index (κ3) is 4.31. The lowest BCUT2D eigenvalue weighted by molar-refractivity contribution is 0.102. The van der Waals surface area contributed by atoms with Gasteiger partial charge in [-0.3, -0.25) is 4.79 Å². The number of nitrogens with one attached hydrogen (secondary N) is 1. The highest BCUT2D eigenvalue weighted by molar-refractivity contribution is 6.16. The SMILES string of the molecule is Cc1ccc(NC(=O)c2c(N)n(/N=C\c3ccc(C(C)C)cc3)c3nc4ccccc4nc23)cc1C. The predicted octanol–water partition coefficient (Wildman–Crippen LogP) is 6.04. The lowest BCUT2D eigenvalue weighted by atomic mass is 10.0. The van der Waals surface area contributed by atoms with E-state index in [1.807, 2.05) is 68.4 Å². The molecule has 0 saturated heterocycles. The largest absolute Gasteiger partial charge is 0.383 e. The molecule has 36 heavy (non-hydrogen) atoms. The second-order valence-corrected chi connectivity index (χ2v) is 9.28. The molecule has 2 heterocycles. The van der Waals surface area contributed by atoms with E-state index in [1.165, 1.54) is 10.2 Å². The number of carbonyl (C=O) groups is 1. The van der Waals surface area contributed by atoms with Crippen LogP contribution in [-0.4, -0.2) is 26.8 Å². The molecule has 0 unspecified atom stereocenters. The lowest BCUT2D eigenvalue weighted by Gasteiger charge is -2.08. The van der Waals surface area contributed by atoms with E-state index in [2.05, 4.69) is 36.4 Å². The van der Waals surface area contributed by atoms with Gasteiger partial charge in [0.1, 0.15) is 16.9 Å². The quantitative estimate of drug-likeness (QED) is 0.302. The average Bonchev–Trinajstić information content (AvgIpc) is 3.13. The van der Waals surface area contributed by atoms with E-state index in [-0.39, 0.29) is 17.3 Å². The fraction of sp³-hybridized carbons (Fsp3) is 0.172. The number of nitrogen functional groups attached to an aromatic ring is 1. The molecule has 0 aliphatic rings. The van der Waals surface area contributed by atoms with Crippen LogP contribution in [0.25, 0.3) is 22.2 Å². The Hall–Kier alpha value is -4.52. The number of aromatic nitrogens is 3. The van der Waals surface area contributed by atoms with E-state index in [0.717, 1.165) is 16.7 Å². The number of hydrogen-bond donors (Lipinski definition) is 2. The topological polar surface area (TPSA) is 98.2 Å². The van der Waals surface area contributed by atoms with Crippen LogP contribution < -0.4 is 11.1 Å². The molecular formula is C29H28N6O. The average molecular weight is 477 g/mol. The molecule has 5 aromatic rings. The summed E-state index contributed by atoms with van der Waals surface area (Å²) in [5.74, 6) is 0.263. The first-order chi connectivity index (χ1) is 17.3. The van der Waals surface area contributed by atoms with Crippen LogP contribution in [0, 0.1) is 13.8 Å². The number of para-hydroxylation sites is 2. The van der Waals surface area contributed by atoms with Crippen molar-refractivity contribution in [1.29, 1.82) is 0 Å². The summed E-state index contributed by atoms with van der Waals surface area (Å²) in [6.07, 6.45) is 1.71. The Morgan fingerprint density at radius 1 is 0.972 bits per heavy atom. The number of hydrogen-bond acceptors (Lipinski definition) is 5. The van der Waals surface area contributed by atoms with Crippen molar-refractivity contribution >= 4 is 45.8 Å². The monoisotopic (exact) mass is 476 g/mol. The summed E-state index contributed by atoms with van der Waals surface area (Å²) in [5.41, 5.74) is 14.1. The van der Waals surface area contributed by atoms with Crippen molar-refractivity contribution in [3.05, 3.63) is 94.5 Å². The van der Waals surface area contributed by atoms with Crippen molar-refractivity contribution in [2.45, 2.75) is 33.6 Å². The van der Waals surface area contributed by atoms with E-state index >= 15 is 0 Å². The molecule has 0 saturated carbocycles. The smallest absolute Gasteiger partial charge is 0.261 e. The van der Waals surface area contributed by atoms with E-state index in [1.54, 1.807) is 6.21 Å². The third-order valence-corrected chi connectivity index (χ3v) is 6.39. The first-order valence-electron chi connectivity index (χ1n) is 11.9. The molecule has 1 amide bonds. The molecule has 0 aliphatic carbocycles. The molecule has 0 aliphatic heterocycles. The number of nitrogens with zero attached hydrogens (tertiary/aromatic N) is 4. The molecule has 7 nitrogen and oxygen atoms in total. The van der Waals surface area contributed by atoms with Gasteiger partial charge in [-0.2, -0.15) is 9.78 Å². The molecule has 0 fully saturated rings. The number of nitrogens with two attached hydrogens (primary N) is 1. The first kappa shape index (κ1) is 23.2. The van der Waals surface area contributed by atoms with Crippen LogP contribution in [0.3, 0.4) is 0 Å². The molecule has 0 bridgehead atoms. The molecule has 3 aromatic carbocycles. The number of aryl methyl sites for hydroxylation is 2. The van der Waals surface area contributed by atoms with Gasteiger partial charge in [0.05, 0.1) is 17.2 Å². The van der Waals surface area contributed by atoms with Gasteiger partial charge in [-0.05, 0) is 66.3 Å². The summed E-state index contributed by atoms with van der Waals surface area (Å²) in [5, 5.41) is 7.56. The van der Waals surface area contributed by atoms with E-state index in [0.29, 0.717) is 33.8 Å². The fourth-order valence-corrected chi connectivity index (χ4v) is 4.09. The first-order valence-corrected chi connectivity index (χ1v) is 11.9. The Kier molecular flexibility index (Phi) is 5.98. The maximum absolute atomic E-state index is 13.4. The van der Waals surface area contributed by atoms with E-state index < -0.39 is 0 Å². The number of anilines is 2. The lowest BCUT2D eigenvalue weighted by Crippen LogP contribution is -2.14. The van der Waals surface area contributed by atoms with Crippen LogP contribution in [0.5, 0.6) is 0 Å². The maximum atomic E-state index is 13.4. The van der Waals surface area contributed by atoms with Crippen LogP contribution in [0.1, 0.15) is 52.4 Å². The Balaban J connectivity index is 1.61. The Bertz CT molecular complexity index is 1630. The fourth-order valence-electron chi connectivity index (χ4n) is 4.09. The molecule has 2 aromatic heterocycles. The highest BCUT2D eigenvalue weighted by Crippen LogP contribution is 2.29. The molecule has 0 spiro atoms. The summed E-state index contributed by atoms with van der Waals surface area (Å²) in [7, 11) is 0. The summed E-state index contributed by atoms with van der Waals surface area (Å²) in [6, 6.07) is 21.5. The molecular weight excluding hydrogens is 448 g/mol. The zero-order valence-electron chi connectivity index (χ0n) is 20.8. The maximum Gasteiger partial charge on any atom is 0.261 e. The van der Waals surface area contributed by atoms with E-state index in [9.17, 15) is 4.79 Å². The minimum atomic E-state index is -0.361. The summed E-state index contributed by atoms with van der Waals surface area (Å²) in [6.45, 7) is 8.35. The number of rotatable bonds is 5. The van der Waals surface area contributed by atoms with Crippen molar-refractivity contribution < 1.29 is 4.79 Å². The van der Waals surface area contributed by atoms with Gasteiger partial charge < -0.3 is 11.1 Å². The molecule has 180 valence electrons. The minimum absolute atomic E-state index is 0.177. The second kappa shape index (κ2) is 9.26. The van der Waals surface area contributed by atoms with Gasteiger partial charge in [0.25, 0.3) is 5.91 Å². The summed E-state index contributed by atoms with van der Waals surface area (Å²) >= 11 is 0. The number of fused-ring (bicyclic) bond motifs is 2. The number of carbonyl (C=O) groups excluding carboxylic acids is 1. The van der Waals surface area contributed by atoms with Crippen LogP contribution in [0.4, 0.5) is 11.5 Å². The summed E-state index contributed by atoms with van der Waals surface area (Å²) < 4.78 is 1.49. The normalized spacial score (nSPS) is 11.7. The van der Waals surface area contributed by atoms with Crippen molar-refractivity contribution in [1.82, 2.24) is 14.6 Å². The standard InChI is InChI=1S/C29H28N6O/c1-17(2)21-12-10-20(11-13-21)16-31-35-27(30)25(29(36)32-22-14-9-18(3)19(4)15-22)26-28(35)34-24-8-6-5-7-23(24)33-26/h5-17H,30H2,1-4H3,(H,32,36)/b31-16-. The van der Waals surface area contributed by atoms with Gasteiger partial charge in [0.15, 0.2) is 5.65 Å².